The number of rotatable bonds is 4. The van der Waals surface area contributed by atoms with E-state index in [1.54, 1.807) is 6.07 Å². The molecule has 1 aliphatic heterocycles. The molecule has 1 atom stereocenters. The van der Waals surface area contributed by atoms with Crippen LogP contribution in [0.25, 0.3) is 0 Å². The Morgan fingerprint density at radius 2 is 2.29 bits per heavy atom. The number of halogens is 1. The summed E-state index contributed by atoms with van der Waals surface area (Å²) in [6.07, 6.45) is 2.69. The summed E-state index contributed by atoms with van der Waals surface area (Å²) in [6.45, 7) is 2.12. The summed E-state index contributed by atoms with van der Waals surface area (Å²) in [5, 5.41) is 6.73. The van der Waals surface area contributed by atoms with E-state index in [0.29, 0.717) is 23.0 Å². The predicted molar refractivity (Wildman–Crippen MR) is 70.3 cm³/mol. The standard InChI is InChI=1S/C13H17ClN2O/c14-11-3-1-2-4-12(11)16-13(17)6-5-10-7-8-15-9-10/h1-4,10,15H,5-9H2,(H,16,17). The summed E-state index contributed by atoms with van der Waals surface area (Å²) in [5.74, 6) is 0.692. The lowest BCUT2D eigenvalue weighted by atomic mass is 10.0. The summed E-state index contributed by atoms with van der Waals surface area (Å²) >= 11 is 5.97. The Morgan fingerprint density at radius 1 is 1.47 bits per heavy atom. The van der Waals surface area contributed by atoms with Crippen molar-refractivity contribution in [3.63, 3.8) is 0 Å². The van der Waals surface area contributed by atoms with E-state index < -0.39 is 0 Å². The molecule has 0 spiro atoms. The van der Waals surface area contributed by atoms with E-state index in [1.807, 2.05) is 18.2 Å². The minimum absolute atomic E-state index is 0.0463. The van der Waals surface area contributed by atoms with Crippen molar-refractivity contribution in [1.29, 1.82) is 0 Å². The van der Waals surface area contributed by atoms with Gasteiger partial charge in [-0.3, -0.25) is 4.79 Å². The molecule has 0 radical (unpaired) electrons. The van der Waals surface area contributed by atoms with Gasteiger partial charge in [-0.05, 0) is 44.0 Å². The number of carbonyl (C=O) groups excluding carboxylic acids is 1. The first-order valence-corrected chi connectivity index (χ1v) is 6.38. The second kappa shape index (κ2) is 6.03. The highest BCUT2D eigenvalue weighted by atomic mass is 35.5. The Labute approximate surface area is 107 Å². The van der Waals surface area contributed by atoms with Gasteiger partial charge in [0.25, 0.3) is 0 Å². The van der Waals surface area contributed by atoms with Gasteiger partial charge in [-0.15, -0.1) is 0 Å². The van der Waals surface area contributed by atoms with Crippen molar-refractivity contribution < 1.29 is 4.79 Å². The van der Waals surface area contributed by atoms with Crippen LogP contribution in [-0.4, -0.2) is 19.0 Å². The summed E-state index contributed by atoms with van der Waals surface area (Å²) in [7, 11) is 0. The van der Waals surface area contributed by atoms with Gasteiger partial charge >= 0.3 is 0 Å². The van der Waals surface area contributed by atoms with Crippen molar-refractivity contribution in [3.8, 4) is 0 Å². The number of anilines is 1. The largest absolute Gasteiger partial charge is 0.325 e. The minimum Gasteiger partial charge on any atom is -0.325 e. The zero-order valence-electron chi connectivity index (χ0n) is 9.71. The third-order valence-electron chi connectivity index (χ3n) is 3.09. The van der Waals surface area contributed by atoms with E-state index in [2.05, 4.69) is 10.6 Å². The van der Waals surface area contributed by atoms with Crippen LogP contribution in [0.4, 0.5) is 5.69 Å². The molecule has 1 aliphatic rings. The van der Waals surface area contributed by atoms with Gasteiger partial charge in [0.1, 0.15) is 0 Å². The summed E-state index contributed by atoms with van der Waals surface area (Å²) in [4.78, 5) is 11.7. The maximum atomic E-state index is 11.7. The number of benzene rings is 1. The summed E-state index contributed by atoms with van der Waals surface area (Å²) < 4.78 is 0. The lowest BCUT2D eigenvalue weighted by Crippen LogP contribution is -2.15. The van der Waals surface area contributed by atoms with E-state index in [-0.39, 0.29) is 5.91 Å². The van der Waals surface area contributed by atoms with E-state index in [4.69, 9.17) is 11.6 Å². The van der Waals surface area contributed by atoms with Gasteiger partial charge in [0.15, 0.2) is 0 Å². The quantitative estimate of drug-likeness (QED) is 0.865. The van der Waals surface area contributed by atoms with Crippen LogP contribution in [0.1, 0.15) is 19.3 Å². The van der Waals surface area contributed by atoms with Crippen LogP contribution in [-0.2, 0) is 4.79 Å². The lowest BCUT2D eigenvalue weighted by Gasteiger charge is -2.09. The highest BCUT2D eigenvalue weighted by molar-refractivity contribution is 6.33. The highest BCUT2D eigenvalue weighted by Gasteiger charge is 2.15. The Bertz CT molecular complexity index is 389. The maximum absolute atomic E-state index is 11.7. The van der Waals surface area contributed by atoms with Crippen LogP contribution in [0.15, 0.2) is 24.3 Å². The van der Waals surface area contributed by atoms with Gasteiger partial charge in [0.05, 0.1) is 10.7 Å². The molecule has 2 N–H and O–H groups in total. The molecule has 1 aromatic carbocycles. The molecule has 0 bridgehead atoms. The van der Waals surface area contributed by atoms with E-state index in [0.717, 1.165) is 19.5 Å². The van der Waals surface area contributed by atoms with Crippen LogP contribution >= 0.6 is 11.6 Å². The van der Waals surface area contributed by atoms with Gasteiger partial charge in [0, 0.05) is 6.42 Å². The predicted octanol–water partition coefficient (Wildman–Crippen LogP) is 2.67. The smallest absolute Gasteiger partial charge is 0.224 e. The molecule has 17 heavy (non-hydrogen) atoms. The third-order valence-corrected chi connectivity index (χ3v) is 3.42. The Kier molecular flexibility index (Phi) is 4.40. The number of para-hydroxylation sites is 1. The summed E-state index contributed by atoms with van der Waals surface area (Å²) in [5.41, 5.74) is 0.698. The molecule has 0 aromatic heterocycles. The first-order valence-electron chi connectivity index (χ1n) is 6.01. The topological polar surface area (TPSA) is 41.1 Å². The average molecular weight is 253 g/mol. The first-order chi connectivity index (χ1) is 8.25. The van der Waals surface area contributed by atoms with Crippen LogP contribution in [0.2, 0.25) is 5.02 Å². The zero-order valence-corrected chi connectivity index (χ0v) is 10.5. The maximum Gasteiger partial charge on any atom is 0.224 e. The molecule has 1 fully saturated rings. The molecule has 1 amide bonds. The second-order valence-electron chi connectivity index (χ2n) is 4.43. The molecule has 3 nitrogen and oxygen atoms in total. The molecular formula is C13H17ClN2O. The Morgan fingerprint density at radius 3 is 3.00 bits per heavy atom. The number of nitrogens with one attached hydrogen (secondary N) is 2. The van der Waals surface area contributed by atoms with Crippen LogP contribution in [0, 0.1) is 5.92 Å². The molecule has 1 saturated heterocycles. The monoisotopic (exact) mass is 252 g/mol. The fourth-order valence-electron chi connectivity index (χ4n) is 2.07. The molecule has 1 unspecified atom stereocenters. The van der Waals surface area contributed by atoms with Crippen LogP contribution < -0.4 is 10.6 Å². The highest BCUT2D eigenvalue weighted by Crippen LogP contribution is 2.21. The van der Waals surface area contributed by atoms with E-state index in [1.165, 1.54) is 6.42 Å². The Hall–Kier alpha value is -1.06. The van der Waals surface area contributed by atoms with Crippen LogP contribution in [0.3, 0.4) is 0 Å². The fraction of sp³-hybridized carbons (Fsp3) is 0.462. The molecule has 2 rings (SSSR count). The van der Waals surface area contributed by atoms with Crippen molar-refractivity contribution in [2.45, 2.75) is 19.3 Å². The SMILES string of the molecule is O=C(CCC1CCNC1)Nc1ccccc1Cl. The van der Waals surface area contributed by atoms with E-state index >= 15 is 0 Å². The fourth-order valence-corrected chi connectivity index (χ4v) is 2.25. The van der Waals surface area contributed by atoms with Crippen molar-refractivity contribution >= 4 is 23.2 Å². The molecule has 92 valence electrons. The van der Waals surface area contributed by atoms with Gasteiger partial charge in [-0.25, -0.2) is 0 Å². The molecule has 1 heterocycles. The molecule has 0 aliphatic carbocycles. The molecule has 4 heteroatoms. The number of hydrogen-bond acceptors (Lipinski definition) is 2. The third kappa shape index (κ3) is 3.72. The van der Waals surface area contributed by atoms with Crippen LogP contribution in [0.5, 0.6) is 0 Å². The summed E-state index contributed by atoms with van der Waals surface area (Å²) in [6, 6.07) is 7.31. The molecule has 0 saturated carbocycles. The number of carbonyl (C=O) groups is 1. The minimum atomic E-state index is 0.0463. The van der Waals surface area contributed by atoms with E-state index in [9.17, 15) is 4.79 Å². The first kappa shape index (κ1) is 12.4. The van der Waals surface area contributed by atoms with Gasteiger partial charge < -0.3 is 10.6 Å². The average Bonchev–Trinajstić information content (AvgIpc) is 2.82. The van der Waals surface area contributed by atoms with Gasteiger partial charge in [-0.1, -0.05) is 23.7 Å². The zero-order chi connectivity index (χ0) is 12.1. The molecular weight excluding hydrogens is 236 g/mol. The van der Waals surface area contributed by atoms with Crippen molar-refractivity contribution in [3.05, 3.63) is 29.3 Å². The number of hydrogen-bond donors (Lipinski definition) is 2. The second-order valence-corrected chi connectivity index (χ2v) is 4.83. The van der Waals surface area contributed by atoms with Crippen molar-refractivity contribution in [1.82, 2.24) is 5.32 Å². The molecule has 1 aromatic rings. The lowest BCUT2D eigenvalue weighted by molar-refractivity contribution is -0.116. The normalized spacial score (nSPS) is 19.2. The number of amides is 1. The van der Waals surface area contributed by atoms with Crippen molar-refractivity contribution in [2.75, 3.05) is 18.4 Å². The van der Waals surface area contributed by atoms with Crippen molar-refractivity contribution in [2.24, 2.45) is 5.92 Å². The Balaban J connectivity index is 1.79. The van der Waals surface area contributed by atoms with Gasteiger partial charge in [0.2, 0.25) is 5.91 Å². The van der Waals surface area contributed by atoms with Gasteiger partial charge in [-0.2, -0.15) is 0 Å².